The standard InChI is InChI=1S/C18H30N2O/c1-5-19-8-10-20(11-9-19)7-6-17(21)18-15(3)12-14(2)13-16(18)4/h12-13,17,21H,5-11H2,1-4H3. The van der Waals surface area contributed by atoms with E-state index in [0.29, 0.717) is 0 Å². The molecule has 1 N–H and O–H groups in total. The average Bonchev–Trinajstić information content (AvgIpc) is 2.44. The highest BCUT2D eigenvalue weighted by Gasteiger charge is 2.18. The molecule has 1 aliphatic heterocycles. The molecule has 1 aliphatic rings. The maximum absolute atomic E-state index is 10.6. The number of hydrogen-bond acceptors (Lipinski definition) is 3. The second-order valence-corrected chi connectivity index (χ2v) is 6.39. The Morgan fingerprint density at radius 3 is 2.05 bits per heavy atom. The molecule has 2 rings (SSSR count). The second-order valence-electron chi connectivity index (χ2n) is 6.39. The lowest BCUT2D eigenvalue weighted by Crippen LogP contribution is -2.46. The van der Waals surface area contributed by atoms with E-state index in [9.17, 15) is 5.11 Å². The second kappa shape index (κ2) is 7.39. The van der Waals surface area contributed by atoms with Crippen LogP contribution >= 0.6 is 0 Å². The van der Waals surface area contributed by atoms with Crippen molar-refractivity contribution in [3.8, 4) is 0 Å². The van der Waals surface area contributed by atoms with Crippen LogP contribution in [-0.2, 0) is 0 Å². The van der Waals surface area contributed by atoms with Crippen molar-refractivity contribution in [1.29, 1.82) is 0 Å². The fraction of sp³-hybridized carbons (Fsp3) is 0.667. The molecule has 1 saturated heterocycles. The van der Waals surface area contributed by atoms with E-state index in [2.05, 4.69) is 49.6 Å². The Hall–Kier alpha value is -0.900. The van der Waals surface area contributed by atoms with E-state index in [-0.39, 0.29) is 6.10 Å². The number of rotatable bonds is 5. The lowest BCUT2D eigenvalue weighted by molar-refractivity contribution is 0.104. The highest BCUT2D eigenvalue weighted by Crippen LogP contribution is 2.26. The van der Waals surface area contributed by atoms with E-state index >= 15 is 0 Å². The largest absolute Gasteiger partial charge is 0.388 e. The summed E-state index contributed by atoms with van der Waals surface area (Å²) in [4.78, 5) is 4.97. The lowest BCUT2D eigenvalue weighted by Gasteiger charge is -2.34. The van der Waals surface area contributed by atoms with Gasteiger partial charge in [0.1, 0.15) is 0 Å². The van der Waals surface area contributed by atoms with E-state index in [1.54, 1.807) is 0 Å². The summed E-state index contributed by atoms with van der Waals surface area (Å²) < 4.78 is 0. The van der Waals surface area contributed by atoms with Crippen molar-refractivity contribution in [2.45, 2.75) is 40.2 Å². The summed E-state index contributed by atoms with van der Waals surface area (Å²) >= 11 is 0. The Bertz CT molecular complexity index is 441. The molecule has 1 aromatic carbocycles. The quantitative estimate of drug-likeness (QED) is 0.903. The lowest BCUT2D eigenvalue weighted by atomic mass is 9.94. The van der Waals surface area contributed by atoms with E-state index in [1.165, 1.54) is 16.7 Å². The maximum Gasteiger partial charge on any atom is 0.0807 e. The van der Waals surface area contributed by atoms with Gasteiger partial charge in [0.25, 0.3) is 0 Å². The van der Waals surface area contributed by atoms with Gasteiger partial charge in [0.2, 0.25) is 0 Å². The zero-order chi connectivity index (χ0) is 15.4. The van der Waals surface area contributed by atoms with E-state index in [1.807, 2.05) is 0 Å². The van der Waals surface area contributed by atoms with Crippen LogP contribution in [0.15, 0.2) is 12.1 Å². The van der Waals surface area contributed by atoms with Crippen molar-refractivity contribution in [2.24, 2.45) is 0 Å². The van der Waals surface area contributed by atoms with Gasteiger partial charge in [-0.25, -0.2) is 0 Å². The first-order valence-corrected chi connectivity index (χ1v) is 8.21. The Labute approximate surface area is 129 Å². The van der Waals surface area contributed by atoms with Gasteiger partial charge >= 0.3 is 0 Å². The molecule has 1 heterocycles. The molecule has 0 aromatic heterocycles. The fourth-order valence-corrected chi connectivity index (χ4v) is 3.50. The molecular weight excluding hydrogens is 260 g/mol. The topological polar surface area (TPSA) is 26.7 Å². The minimum Gasteiger partial charge on any atom is -0.388 e. The first-order chi connectivity index (χ1) is 10.0. The average molecular weight is 290 g/mol. The third-order valence-electron chi connectivity index (χ3n) is 4.70. The fourth-order valence-electron chi connectivity index (χ4n) is 3.50. The molecule has 1 atom stereocenters. The van der Waals surface area contributed by atoms with Crippen LogP contribution in [-0.4, -0.2) is 54.2 Å². The summed E-state index contributed by atoms with van der Waals surface area (Å²) in [5.41, 5.74) is 4.84. The van der Waals surface area contributed by atoms with Crippen LogP contribution in [0.3, 0.4) is 0 Å². The van der Waals surface area contributed by atoms with Crippen LogP contribution < -0.4 is 0 Å². The molecule has 1 fully saturated rings. The van der Waals surface area contributed by atoms with Crippen molar-refractivity contribution in [3.63, 3.8) is 0 Å². The van der Waals surface area contributed by atoms with Crippen LogP contribution in [0.2, 0.25) is 0 Å². The van der Waals surface area contributed by atoms with Crippen molar-refractivity contribution in [2.75, 3.05) is 39.3 Å². The predicted molar refractivity (Wildman–Crippen MR) is 88.8 cm³/mol. The predicted octanol–water partition coefficient (Wildman–Crippen LogP) is 2.67. The smallest absolute Gasteiger partial charge is 0.0807 e. The highest BCUT2D eigenvalue weighted by atomic mass is 16.3. The maximum atomic E-state index is 10.6. The van der Waals surface area contributed by atoms with Crippen LogP contribution in [0.4, 0.5) is 0 Å². The van der Waals surface area contributed by atoms with E-state index in [4.69, 9.17) is 0 Å². The van der Waals surface area contributed by atoms with Crippen molar-refractivity contribution in [3.05, 3.63) is 34.4 Å². The van der Waals surface area contributed by atoms with E-state index in [0.717, 1.165) is 51.3 Å². The first kappa shape index (κ1) is 16.5. The minimum absolute atomic E-state index is 0.338. The van der Waals surface area contributed by atoms with Crippen molar-refractivity contribution < 1.29 is 5.11 Å². The molecule has 3 nitrogen and oxygen atoms in total. The van der Waals surface area contributed by atoms with Gasteiger partial charge in [0.15, 0.2) is 0 Å². The summed E-state index contributed by atoms with van der Waals surface area (Å²) in [5.74, 6) is 0. The molecule has 0 spiro atoms. The third kappa shape index (κ3) is 4.29. The highest BCUT2D eigenvalue weighted by molar-refractivity contribution is 5.38. The number of hydrogen-bond donors (Lipinski definition) is 1. The van der Waals surface area contributed by atoms with Crippen molar-refractivity contribution >= 4 is 0 Å². The zero-order valence-corrected chi connectivity index (χ0v) is 14.0. The summed E-state index contributed by atoms with van der Waals surface area (Å²) in [6, 6.07) is 4.34. The first-order valence-electron chi connectivity index (χ1n) is 8.21. The number of aliphatic hydroxyl groups excluding tert-OH is 1. The van der Waals surface area contributed by atoms with Gasteiger partial charge in [-0.15, -0.1) is 0 Å². The summed E-state index contributed by atoms with van der Waals surface area (Å²) in [6.07, 6.45) is 0.492. The Balaban J connectivity index is 1.89. The van der Waals surface area contributed by atoms with Crippen LogP contribution in [0.5, 0.6) is 0 Å². The van der Waals surface area contributed by atoms with Crippen LogP contribution in [0.25, 0.3) is 0 Å². The Morgan fingerprint density at radius 1 is 1.00 bits per heavy atom. The Kier molecular flexibility index (Phi) is 5.80. The molecule has 3 heteroatoms. The Morgan fingerprint density at radius 2 is 1.52 bits per heavy atom. The molecule has 0 saturated carbocycles. The van der Waals surface area contributed by atoms with Gasteiger partial charge in [-0.2, -0.15) is 0 Å². The molecule has 1 aromatic rings. The molecule has 1 unspecified atom stereocenters. The van der Waals surface area contributed by atoms with Gasteiger partial charge in [-0.3, -0.25) is 0 Å². The van der Waals surface area contributed by atoms with Crippen molar-refractivity contribution in [1.82, 2.24) is 9.80 Å². The number of aliphatic hydroxyl groups is 1. The molecule has 21 heavy (non-hydrogen) atoms. The number of nitrogens with zero attached hydrogens (tertiary/aromatic N) is 2. The van der Waals surface area contributed by atoms with Crippen LogP contribution in [0, 0.1) is 20.8 Å². The molecular formula is C18H30N2O. The monoisotopic (exact) mass is 290 g/mol. The summed E-state index contributed by atoms with van der Waals surface area (Å²) in [7, 11) is 0. The molecule has 0 aliphatic carbocycles. The van der Waals surface area contributed by atoms with Gasteiger partial charge < -0.3 is 14.9 Å². The molecule has 0 bridgehead atoms. The molecule has 0 amide bonds. The van der Waals surface area contributed by atoms with E-state index < -0.39 is 0 Å². The minimum atomic E-state index is -0.338. The summed E-state index contributed by atoms with van der Waals surface area (Å²) in [6.45, 7) is 15.3. The molecule has 0 radical (unpaired) electrons. The number of aryl methyl sites for hydroxylation is 3. The van der Waals surface area contributed by atoms with Gasteiger partial charge in [0, 0.05) is 32.7 Å². The van der Waals surface area contributed by atoms with Gasteiger partial charge in [0.05, 0.1) is 6.10 Å². The van der Waals surface area contributed by atoms with Crippen LogP contribution in [0.1, 0.15) is 41.7 Å². The summed E-state index contributed by atoms with van der Waals surface area (Å²) in [5, 5.41) is 10.6. The van der Waals surface area contributed by atoms with Gasteiger partial charge in [-0.05, 0) is 50.4 Å². The number of likely N-dealkylation sites (N-methyl/N-ethyl adjacent to an activating group) is 1. The third-order valence-corrected chi connectivity index (χ3v) is 4.70. The molecule has 118 valence electrons. The van der Waals surface area contributed by atoms with Gasteiger partial charge in [-0.1, -0.05) is 24.6 Å². The zero-order valence-electron chi connectivity index (χ0n) is 14.0. The number of benzene rings is 1. The number of piperazine rings is 1. The normalized spacial score (nSPS) is 18.9. The SMILES string of the molecule is CCN1CCN(CCC(O)c2c(C)cc(C)cc2C)CC1.